The number of rotatable bonds is 4. The Morgan fingerprint density at radius 1 is 0.615 bits per heavy atom. The van der Waals surface area contributed by atoms with Crippen molar-refractivity contribution in [3.8, 4) is 0 Å². The van der Waals surface area contributed by atoms with Gasteiger partial charge in [0.2, 0.25) is 0 Å². The summed E-state index contributed by atoms with van der Waals surface area (Å²) in [6.45, 7) is 12.1. The van der Waals surface area contributed by atoms with Crippen LogP contribution in [0.5, 0.6) is 0 Å². The van der Waals surface area contributed by atoms with Gasteiger partial charge in [-0.05, 0) is 0 Å². The zero-order valence-corrected chi connectivity index (χ0v) is 12.1. The van der Waals surface area contributed by atoms with Crippen LogP contribution in [0.3, 0.4) is 0 Å². The fourth-order valence-corrected chi connectivity index (χ4v) is 0.447. The predicted molar refractivity (Wildman–Crippen MR) is 48.9 cm³/mol. The zero-order chi connectivity index (χ0) is 8.24. The SMILES string of the molecule is CC[N-]CC.CC[N-]CC.[Cl-].[Cl-].[Ti+4]. The molecule has 0 atom stereocenters. The van der Waals surface area contributed by atoms with Crippen molar-refractivity contribution in [1.82, 2.24) is 0 Å². The molecule has 0 rings (SSSR count). The van der Waals surface area contributed by atoms with Crippen molar-refractivity contribution in [2.45, 2.75) is 27.7 Å². The minimum atomic E-state index is 0. The Bertz CT molecular complexity index is 41.1. The van der Waals surface area contributed by atoms with Gasteiger partial charge < -0.3 is 35.4 Å². The van der Waals surface area contributed by atoms with Crippen molar-refractivity contribution in [1.29, 1.82) is 0 Å². The minimum Gasteiger partial charge on any atom is -1.00 e. The van der Waals surface area contributed by atoms with E-state index in [1.54, 1.807) is 0 Å². The van der Waals surface area contributed by atoms with Crippen molar-refractivity contribution in [3.05, 3.63) is 10.6 Å². The van der Waals surface area contributed by atoms with Crippen molar-refractivity contribution in [2.75, 3.05) is 26.2 Å². The Morgan fingerprint density at radius 3 is 0.769 bits per heavy atom. The summed E-state index contributed by atoms with van der Waals surface area (Å²) < 4.78 is 0. The number of halogens is 2. The Morgan fingerprint density at radius 2 is 0.769 bits per heavy atom. The number of nitrogens with zero attached hydrogens (tertiary/aromatic N) is 2. The fourth-order valence-electron chi connectivity index (χ4n) is 0.447. The second-order valence-corrected chi connectivity index (χ2v) is 1.71. The summed E-state index contributed by atoms with van der Waals surface area (Å²) >= 11 is 0. The Kier molecular flexibility index (Phi) is 85.2. The monoisotopic (exact) mass is 262 g/mol. The Balaban J connectivity index is -0.0000000267. The molecule has 0 spiro atoms. The van der Waals surface area contributed by atoms with Crippen LogP contribution in [-0.2, 0) is 21.7 Å². The van der Waals surface area contributed by atoms with E-state index in [-0.39, 0.29) is 46.5 Å². The maximum absolute atomic E-state index is 3.97. The van der Waals surface area contributed by atoms with Crippen LogP contribution in [0.2, 0.25) is 0 Å². The molecule has 2 nitrogen and oxygen atoms in total. The van der Waals surface area contributed by atoms with E-state index < -0.39 is 0 Å². The minimum absolute atomic E-state index is 0. The molecule has 13 heavy (non-hydrogen) atoms. The maximum atomic E-state index is 3.97. The molecule has 5 heteroatoms. The molecule has 0 aromatic rings. The van der Waals surface area contributed by atoms with E-state index in [0.717, 1.165) is 26.2 Å². The van der Waals surface area contributed by atoms with E-state index in [1.807, 2.05) is 27.7 Å². The van der Waals surface area contributed by atoms with Gasteiger partial charge in [-0.3, -0.25) is 0 Å². The van der Waals surface area contributed by atoms with Crippen molar-refractivity contribution >= 4 is 0 Å². The summed E-state index contributed by atoms with van der Waals surface area (Å²) in [5.41, 5.74) is 0. The summed E-state index contributed by atoms with van der Waals surface area (Å²) in [6.07, 6.45) is 0. The summed E-state index contributed by atoms with van der Waals surface area (Å²) in [5, 5.41) is 7.94. The van der Waals surface area contributed by atoms with Crippen LogP contribution < -0.4 is 24.8 Å². The van der Waals surface area contributed by atoms with Crippen molar-refractivity contribution in [3.63, 3.8) is 0 Å². The molecule has 0 aliphatic rings. The van der Waals surface area contributed by atoms with E-state index >= 15 is 0 Å². The molecular formula is C8H20Cl2N2Ti. The van der Waals surface area contributed by atoms with Crippen LogP contribution >= 0.6 is 0 Å². The van der Waals surface area contributed by atoms with Gasteiger partial charge >= 0.3 is 21.7 Å². The molecule has 0 heterocycles. The van der Waals surface area contributed by atoms with Crippen LogP contribution in [0.1, 0.15) is 27.7 Å². The quantitative estimate of drug-likeness (QED) is 0.478. The topological polar surface area (TPSA) is 28.2 Å². The van der Waals surface area contributed by atoms with Crippen LogP contribution in [0.4, 0.5) is 0 Å². The van der Waals surface area contributed by atoms with E-state index in [0.29, 0.717) is 0 Å². The molecule has 80 valence electrons. The summed E-state index contributed by atoms with van der Waals surface area (Å²) in [7, 11) is 0. The molecule has 0 amide bonds. The van der Waals surface area contributed by atoms with Gasteiger partial charge in [-0.2, -0.15) is 26.2 Å². The second-order valence-electron chi connectivity index (χ2n) is 1.71. The van der Waals surface area contributed by atoms with E-state index in [1.165, 1.54) is 0 Å². The standard InChI is InChI=1S/2C4H10N.2ClH.Ti/c2*1-3-5-4-2;;;/h2*3-4H2,1-2H3;2*1H;/q2*-1;;;+4/p-2. The molecule has 0 radical (unpaired) electrons. The Labute approximate surface area is 111 Å². The van der Waals surface area contributed by atoms with Gasteiger partial charge in [0, 0.05) is 0 Å². The smallest absolute Gasteiger partial charge is 1.00 e. The van der Waals surface area contributed by atoms with E-state index in [4.69, 9.17) is 0 Å². The van der Waals surface area contributed by atoms with Gasteiger partial charge in [-0.25, -0.2) is 0 Å². The maximum Gasteiger partial charge on any atom is 4.00 e. The zero-order valence-electron chi connectivity index (χ0n) is 8.98. The van der Waals surface area contributed by atoms with Crippen LogP contribution in [0, 0.1) is 0 Å². The normalized spacial score (nSPS) is 6.46. The van der Waals surface area contributed by atoms with Gasteiger partial charge in [0.1, 0.15) is 0 Å². The summed E-state index contributed by atoms with van der Waals surface area (Å²) in [6, 6.07) is 0. The van der Waals surface area contributed by atoms with Crippen molar-refractivity contribution < 1.29 is 46.5 Å². The third-order valence-corrected chi connectivity index (χ3v) is 0.894. The average molecular weight is 263 g/mol. The molecule has 0 saturated heterocycles. The fraction of sp³-hybridized carbons (Fsp3) is 1.00. The van der Waals surface area contributed by atoms with Crippen LogP contribution in [0.15, 0.2) is 0 Å². The second kappa shape index (κ2) is 37.9. The van der Waals surface area contributed by atoms with Gasteiger partial charge in [-0.15, -0.1) is 0 Å². The molecule has 0 saturated carbocycles. The summed E-state index contributed by atoms with van der Waals surface area (Å²) in [5.74, 6) is 0. The molecule has 0 N–H and O–H groups in total. The van der Waals surface area contributed by atoms with E-state index in [2.05, 4.69) is 10.6 Å². The first kappa shape index (κ1) is 29.2. The molecule has 0 unspecified atom stereocenters. The third kappa shape index (κ3) is 61.1. The van der Waals surface area contributed by atoms with Crippen LogP contribution in [-0.4, -0.2) is 26.2 Å². The first-order valence-electron chi connectivity index (χ1n) is 4.09. The predicted octanol–water partition coefficient (Wildman–Crippen LogP) is -3.19. The molecule has 0 aliphatic carbocycles. The first-order valence-corrected chi connectivity index (χ1v) is 4.09. The average Bonchev–Trinajstić information content (AvgIpc) is 1.93. The van der Waals surface area contributed by atoms with Crippen molar-refractivity contribution in [2.24, 2.45) is 0 Å². The summed E-state index contributed by atoms with van der Waals surface area (Å²) in [4.78, 5) is 0. The largest absolute Gasteiger partial charge is 4.00 e. The van der Waals surface area contributed by atoms with Gasteiger partial charge in [-0.1, -0.05) is 27.7 Å². The molecule has 0 aromatic heterocycles. The van der Waals surface area contributed by atoms with E-state index in [9.17, 15) is 0 Å². The third-order valence-electron chi connectivity index (χ3n) is 0.894. The number of hydrogen-bond donors (Lipinski definition) is 0. The molecule has 0 aromatic carbocycles. The van der Waals surface area contributed by atoms with Gasteiger partial charge in [0.25, 0.3) is 0 Å². The van der Waals surface area contributed by atoms with Gasteiger partial charge in [0.15, 0.2) is 0 Å². The number of hydrogen-bond acceptors (Lipinski definition) is 0. The van der Waals surface area contributed by atoms with Crippen LogP contribution in [0.25, 0.3) is 10.6 Å². The first-order chi connectivity index (χ1) is 4.83. The van der Waals surface area contributed by atoms with Gasteiger partial charge in [0.05, 0.1) is 0 Å². The molecular weight excluding hydrogens is 243 g/mol. The molecule has 0 aliphatic heterocycles. The Hall–Kier alpha value is 1.21. The molecule has 0 fully saturated rings. The molecule has 0 bridgehead atoms.